The van der Waals surface area contributed by atoms with Crippen LogP contribution in [0.25, 0.3) is 10.9 Å². The van der Waals surface area contributed by atoms with Crippen LogP contribution in [0.15, 0.2) is 49.1 Å². The van der Waals surface area contributed by atoms with Gasteiger partial charge in [-0.3, -0.25) is 4.79 Å². The maximum absolute atomic E-state index is 12.8. The lowest BCUT2D eigenvalue weighted by atomic mass is 10.1. The van der Waals surface area contributed by atoms with Crippen LogP contribution in [-0.4, -0.2) is 38.4 Å². The highest BCUT2D eigenvalue weighted by Crippen LogP contribution is 2.23. The Hall–Kier alpha value is -2.56. The maximum atomic E-state index is 12.8. The minimum absolute atomic E-state index is 0.0843. The summed E-state index contributed by atoms with van der Waals surface area (Å²) in [5.74, 6) is 0.0843. The molecule has 4 rings (SSSR count). The minimum Gasteiger partial charge on any atom is -0.351 e. The molecule has 1 fully saturated rings. The fourth-order valence-corrected chi connectivity index (χ4v) is 3.23. The van der Waals surface area contributed by atoms with Gasteiger partial charge >= 0.3 is 0 Å². The van der Waals surface area contributed by atoms with Crippen molar-refractivity contribution in [3.8, 4) is 0 Å². The monoisotopic (exact) mass is 294 g/mol. The van der Waals surface area contributed by atoms with Crippen LogP contribution < -0.4 is 0 Å². The number of aromatic amines is 1. The molecule has 1 amide bonds. The van der Waals surface area contributed by atoms with E-state index in [0.29, 0.717) is 11.7 Å². The van der Waals surface area contributed by atoms with Gasteiger partial charge in [-0.15, -0.1) is 0 Å². The van der Waals surface area contributed by atoms with Crippen molar-refractivity contribution in [2.75, 3.05) is 13.1 Å². The van der Waals surface area contributed by atoms with E-state index >= 15 is 0 Å². The second-order valence-electron chi connectivity index (χ2n) is 5.83. The number of rotatable bonds is 2. The molecule has 1 aromatic carbocycles. The van der Waals surface area contributed by atoms with Gasteiger partial charge in [0.15, 0.2) is 0 Å². The van der Waals surface area contributed by atoms with E-state index in [4.69, 9.17) is 0 Å². The molecule has 5 heteroatoms. The summed E-state index contributed by atoms with van der Waals surface area (Å²) < 4.78 is 2.10. The third-order valence-corrected chi connectivity index (χ3v) is 4.39. The number of piperidine rings is 1. The van der Waals surface area contributed by atoms with Gasteiger partial charge in [0.1, 0.15) is 5.69 Å². The van der Waals surface area contributed by atoms with E-state index in [2.05, 4.69) is 14.5 Å². The number of imidazole rings is 1. The van der Waals surface area contributed by atoms with Gasteiger partial charge in [-0.2, -0.15) is 0 Å². The molecular weight excluding hydrogens is 276 g/mol. The molecule has 0 spiro atoms. The molecule has 1 aliphatic rings. The highest BCUT2D eigenvalue weighted by atomic mass is 16.2. The number of hydrogen-bond donors (Lipinski definition) is 1. The quantitative estimate of drug-likeness (QED) is 0.790. The van der Waals surface area contributed by atoms with Crippen molar-refractivity contribution in [1.82, 2.24) is 19.4 Å². The number of para-hydroxylation sites is 1. The molecule has 3 heterocycles. The SMILES string of the molecule is O=C(c1cc2ccccc2[nH]1)N1CCCC(n2ccnc2)C1. The Bertz CT molecular complexity index is 757. The molecule has 0 saturated carbocycles. The molecule has 1 atom stereocenters. The lowest BCUT2D eigenvalue weighted by molar-refractivity contribution is 0.0674. The van der Waals surface area contributed by atoms with Crippen LogP contribution in [0.4, 0.5) is 0 Å². The first-order valence-corrected chi connectivity index (χ1v) is 7.66. The third-order valence-electron chi connectivity index (χ3n) is 4.39. The van der Waals surface area contributed by atoms with Crippen LogP contribution in [0, 0.1) is 0 Å². The third kappa shape index (κ3) is 2.28. The minimum atomic E-state index is 0.0843. The predicted molar refractivity (Wildman–Crippen MR) is 84.7 cm³/mol. The first kappa shape index (κ1) is 13.1. The first-order valence-electron chi connectivity index (χ1n) is 7.66. The average molecular weight is 294 g/mol. The van der Waals surface area contributed by atoms with Crippen molar-refractivity contribution in [2.24, 2.45) is 0 Å². The molecular formula is C17H18N4O. The van der Waals surface area contributed by atoms with Crippen molar-refractivity contribution in [3.63, 3.8) is 0 Å². The number of amides is 1. The molecule has 112 valence electrons. The molecule has 2 aromatic heterocycles. The molecule has 0 radical (unpaired) electrons. The number of benzene rings is 1. The second-order valence-corrected chi connectivity index (χ2v) is 5.83. The van der Waals surface area contributed by atoms with Gasteiger partial charge in [0.25, 0.3) is 5.91 Å². The first-order chi connectivity index (χ1) is 10.8. The molecule has 1 saturated heterocycles. The van der Waals surface area contributed by atoms with Gasteiger partial charge in [0, 0.05) is 36.4 Å². The smallest absolute Gasteiger partial charge is 0.270 e. The van der Waals surface area contributed by atoms with Gasteiger partial charge in [-0.05, 0) is 25.0 Å². The number of aromatic nitrogens is 3. The van der Waals surface area contributed by atoms with Gasteiger partial charge in [-0.1, -0.05) is 18.2 Å². The van der Waals surface area contributed by atoms with Crippen molar-refractivity contribution < 1.29 is 4.79 Å². The summed E-state index contributed by atoms with van der Waals surface area (Å²) in [7, 11) is 0. The Morgan fingerprint density at radius 1 is 1.32 bits per heavy atom. The standard InChI is InChI=1S/C17H18N4O/c22-17(16-10-13-4-1-2-6-15(13)19-16)20-8-3-5-14(11-20)21-9-7-18-12-21/h1-2,4,6-7,9-10,12,14,19H,3,5,8,11H2. The second kappa shape index (κ2) is 5.33. The number of fused-ring (bicyclic) bond motifs is 1. The van der Waals surface area contributed by atoms with E-state index < -0.39 is 0 Å². The summed E-state index contributed by atoms with van der Waals surface area (Å²) >= 11 is 0. The van der Waals surface area contributed by atoms with Crippen LogP contribution >= 0.6 is 0 Å². The number of hydrogen-bond acceptors (Lipinski definition) is 2. The normalized spacial score (nSPS) is 18.7. The van der Waals surface area contributed by atoms with Gasteiger partial charge in [-0.25, -0.2) is 4.98 Å². The number of H-pyrrole nitrogens is 1. The van der Waals surface area contributed by atoms with Crippen LogP contribution in [0.2, 0.25) is 0 Å². The highest BCUT2D eigenvalue weighted by Gasteiger charge is 2.26. The van der Waals surface area contributed by atoms with Crippen molar-refractivity contribution in [1.29, 1.82) is 0 Å². The highest BCUT2D eigenvalue weighted by molar-refractivity contribution is 5.98. The zero-order valence-corrected chi connectivity index (χ0v) is 12.3. The van der Waals surface area contributed by atoms with Crippen LogP contribution in [0.1, 0.15) is 29.4 Å². The van der Waals surface area contributed by atoms with Gasteiger partial charge in [0.2, 0.25) is 0 Å². The lowest BCUT2D eigenvalue weighted by Gasteiger charge is -2.33. The predicted octanol–water partition coefficient (Wildman–Crippen LogP) is 2.84. The molecule has 22 heavy (non-hydrogen) atoms. The number of nitrogens with one attached hydrogen (secondary N) is 1. The summed E-state index contributed by atoms with van der Waals surface area (Å²) in [6.07, 6.45) is 7.71. The van der Waals surface area contributed by atoms with E-state index in [-0.39, 0.29) is 5.91 Å². The van der Waals surface area contributed by atoms with E-state index in [1.165, 1.54) is 0 Å². The topological polar surface area (TPSA) is 53.9 Å². The number of carbonyl (C=O) groups is 1. The Balaban J connectivity index is 1.56. The van der Waals surface area contributed by atoms with Gasteiger partial charge < -0.3 is 14.5 Å². The molecule has 5 nitrogen and oxygen atoms in total. The molecule has 1 unspecified atom stereocenters. The summed E-state index contributed by atoms with van der Waals surface area (Å²) in [4.78, 5) is 22.0. The van der Waals surface area contributed by atoms with Crippen LogP contribution in [-0.2, 0) is 0 Å². The molecule has 1 N–H and O–H groups in total. The zero-order chi connectivity index (χ0) is 14.9. The molecule has 0 aliphatic carbocycles. The Labute approximate surface area is 128 Å². The number of nitrogens with zero attached hydrogens (tertiary/aromatic N) is 3. The van der Waals surface area contributed by atoms with Crippen LogP contribution in [0.3, 0.4) is 0 Å². The van der Waals surface area contributed by atoms with Crippen molar-refractivity contribution in [2.45, 2.75) is 18.9 Å². The lowest BCUT2D eigenvalue weighted by Crippen LogP contribution is -2.40. The fraction of sp³-hybridized carbons (Fsp3) is 0.294. The number of likely N-dealkylation sites (tertiary alicyclic amines) is 1. The van der Waals surface area contributed by atoms with E-state index in [1.807, 2.05) is 47.8 Å². The molecule has 0 bridgehead atoms. The Morgan fingerprint density at radius 3 is 3.05 bits per heavy atom. The Kier molecular flexibility index (Phi) is 3.18. The van der Waals surface area contributed by atoms with Crippen molar-refractivity contribution >= 4 is 16.8 Å². The maximum Gasteiger partial charge on any atom is 0.270 e. The number of carbonyl (C=O) groups excluding carboxylic acids is 1. The molecule has 3 aromatic rings. The van der Waals surface area contributed by atoms with Crippen LogP contribution in [0.5, 0.6) is 0 Å². The summed E-state index contributed by atoms with van der Waals surface area (Å²) in [5, 5.41) is 1.08. The van der Waals surface area contributed by atoms with E-state index in [0.717, 1.165) is 36.8 Å². The summed E-state index contributed by atoms with van der Waals surface area (Å²) in [6, 6.07) is 10.2. The molecule has 1 aliphatic heterocycles. The van der Waals surface area contributed by atoms with Crippen molar-refractivity contribution in [3.05, 3.63) is 54.7 Å². The zero-order valence-electron chi connectivity index (χ0n) is 12.3. The Morgan fingerprint density at radius 2 is 2.23 bits per heavy atom. The van der Waals surface area contributed by atoms with E-state index in [9.17, 15) is 4.79 Å². The average Bonchev–Trinajstić information content (AvgIpc) is 3.23. The van der Waals surface area contributed by atoms with E-state index in [1.54, 1.807) is 6.20 Å². The summed E-state index contributed by atoms with van der Waals surface area (Å²) in [5.41, 5.74) is 1.68. The van der Waals surface area contributed by atoms with Gasteiger partial charge in [0.05, 0.1) is 12.4 Å². The fourth-order valence-electron chi connectivity index (χ4n) is 3.23. The largest absolute Gasteiger partial charge is 0.351 e. The summed E-state index contributed by atoms with van der Waals surface area (Å²) in [6.45, 7) is 1.56.